The highest BCUT2D eigenvalue weighted by atomic mass is 19.2. The molecular formula is C19H15F2N5. The summed E-state index contributed by atoms with van der Waals surface area (Å²) in [5, 5.41) is 3.18. The number of hydrogen-bond acceptors (Lipinski definition) is 4. The molecule has 130 valence electrons. The van der Waals surface area contributed by atoms with Crippen molar-refractivity contribution < 1.29 is 8.78 Å². The Hall–Kier alpha value is -3.35. The summed E-state index contributed by atoms with van der Waals surface area (Å²) < 4.78 is 28.8. The summed E-state index contributed by atoms with van der Waals surface area (Å²) in [6, 6.07) is 10.1. The molecule has 5 nitrogen and oxygen atoms in total. The molecule has 1 N–H and O–H groups in total. The first kappa shape index (κ1) is 16.1. The molecule has 0 atom stereocenters. The molecule has 0 unspecified atom stereocenters. The molecule has 0 saturated carbocycles. The second kappa shape index (κ2) is 6.18. The summed E-state index contributed by atoms with van der Waals surface area (Å²) in [4.78, 5) is 13.0. The van der Waals surface area contributed by atoms with E-state index in [-0.39, 0.29) is 0 Å². The van der Waals surface area contributed by atoms with Gasteiger partial charge in [-0.1, -0.05) is 17.7 Å². The molecule has 2 heterocycles. The molecule has 0 spiro atoms. The summed E-state index contributed by atoms with van der Waals surface area (Å²) >= 11 is 0. The van der Waals surface area contributed by atoms with Crippen molar-refractivity contribution in [3.63, 3.8) is 0 Å². The summed E-state index contributed by atoms with van der Waals surface area (Å²) in [5.74, 6) is -0.293. The van der Waals surface area contributed by atoms with Crippen LogP contribution in [0.4, 0.5) is 20.3 Å². The van der Waals surface area contributed by atoms with E-state index < -0.39 is 11.6 Å². The molecule has 4 aromatic rings. The molecule has 0 fully saturated rings. The van der Waals surface area contributed by atoms with E-state index in [1.165, 1.54) is 0 Å². The molecule has 2 aromatic carbocycles. The monoisotopic (exact) mass is 351 g/mol. The zero-order valence-corrected chi connectivity index (χ0v) is 14.2. The fourth-order valence-corrected chi connectivity index (χ4v) is 2.79. The zero-order chi connectivity index (χ0) is 18.3. The van der Waals surface area contributed by atoms with Gasteiger partial charge in [0, 0.05) is 17.8 Å². The van der Waals surface area contributed by atoms with Gasteiger partial charge in [0.1, 0.15) is 5.82 Å². The van der Waals surface area contributed by atoms with Gasteiger partial charge in [-0.05, 0) is 26.0 Å². The van der Waals surface area contributed by atoms with Crippen molar-refractivity contribution in [2.75, 3.05) is 5.32 Å². The van der Waals surface area contributed by atoms with E-state index in [1.807, 2.05) is 31.2 Å². The molecule has 0 saturated heterocycles. The lowest BCUT2D eigenvalue weighted by Crippen LogP contribution is -2.04. The van der Waals surface area contributed by atoms with Crippen LogP contribution < -0.4 is 5.32 Å². The fraction of sp³-hybridized carbons (Fsp3) is 0.105. The van der Waals surface area contributed by atoms with E-state index in [2.05, 4.69) is 20.3 Å². The molecule has 4 rings (SSSR count). The number of aryl methyl sites for hydroxylation is 2. The molecule has 0 radical (unpaired) electrons. The Morgan fingerprint density at radius 3 is 2.42 bits per heavy atom. The second-order valence-electron chi connectivity index (χ2n) is 6.00. The Morgan fingerprint density at radius 2 is 1.65 bits per heavy atom. The number of nitrogens with zero attached hydrogens (tertiary/aromatic N) is 4. The van der Waals surface area contributed by atoms with Crippen molar-refractivity contribution in [3.05, 3.63) is 71.8 Å². The molecule has 0 aliphatic rings. The van der Waals surface area contributed by atoms with Gasteiger partial charge in [0.2, 0.25) is 0 Å². The molecule has 0 aliphatic carbocycles. The first-order chi connectivity index (χ1) is 12.5. The number of rotatable bonds is 3. The lowest BCUT2D eigenvalue weighted by Gasteiger charge is -2.09. The summed E-state index contributed by atoms with van der Waals surface area (Å²) in [7, 11) is 0. The van der Waals surface area contributed by atoms with Gasteiger partial charge in [0.15, 0.2) is 23.3 Å². The van der Waals surface area contributed by atoms with Gasteiger partial charge in [0.05, 0.1) is 23.4 Å². The maximum Gasteiger partial charge on any atom is 0.161 e. The molecule has 0 amide bonds. The number of nitrogens with one attached hydrogen (secondary N) is 1. The van der Waals surface area contributed by atoms with Crippen molar-refractivity contribution in [3.8, 4) is 5.82 Å². The molecule has 7 heteroatoms. The average Bonchev–Trinajstić information content (AvgIpc) is 2.92. The van der Waals surface area contributed by atoms with Crippen LogP contribution in [0.1, 0.15) is 11.4 Å². The first-order valence-electron chi connectivity index (χ1n) is 8.01. The Morgan fingerprint density at radius 1 is 0.923 bits per heavy atom. The maximum atomic E-state index is 13.7. The predicted octanol–water partition coefficient (Wildman–Crippen LogP) is 4.45. The van der Waals surface area contributed by atoms with Crippen LogP contribution in [0.2, 0.25) is 0 Å². The van der Waals surface area contributed by atoms with E-state index in [0.717, 1.165) is 23.4 Å². The second-order valence-corrected chi connectivity index (χ2v) is 6.00. The van der Waals surface area contributed by atoms with Crippen LogP contribution in [0.5, 0.6) is 0 Å². The maximum absolute atomic E-state index is 13.7. The van der Waals surface area contributed by atoms with Gasteiger partial charge < -0.3 is 5.32 Å². The van der Waals surface area contributed by atoms with Crippen molar-refractivity contribution in [1.82, 2.24) is 19.5 Å². The number of hydrogen-bond donors (Lipinski definition) is 1. The van der Waals surface area contributed by atoms with Crippen LogP contribution in [-0.2, 0) is 0 Å². The normalized spacial score (nSPS) is 11.1. The Kier molecular flexibility index (Phi) is 3.84. The molecule has 2 aromatic heterocycles. The minimum atomic E-state index is -0.930. The summed E-state index contributed by atoms with van der Waals surface area (Å²) in [6.45, 7) is 3.76. The highest BCUT2D eigenvalue weighted by Gasteiger charge is 2.14. The van der Waals surface area contributed by atoms with Crippen molar-refractivity contribution in [2.24, 2.45) is 0 Å². The Bertz CT molecular complexity index is 1100. The number of halogens is 2. The van der Waals surface area contributed by atoms with Crippen LogP contribution >= 0.6 is 0 Å². The third-order valence-electron chi connectivity index (χ3n) is 4.04. The number of fused-ring (bicyclic) bond motifs is 1. The zero-order valence-electron chi connectivity index (χ0n) is 14.2. The third-order valence-corrected chi connectivity index (χ3v) is 4.04. The van der Waals surface area contributed by atoms with Gasteiger partial charge in [-0.25, -0.2) is 18.7 Å². The topological polar surface area (TPSA) is 55.6 Å². The summed E-state index contributed by atoms with van der Waals surface area (Å²) in [5.41, 5.74) is 2.83. The van der Waals surface area contributed by atoms with Crippen LogP contribution in [0, 0.1) is 25.5 Å². The average molecular weight is 351 g/mol. The number of aromatic nitrogens is 4. The SMILES string of the molecule is Cc1ccc(Nc2cncc(-n3c(C)nc4cc(F)c(F)cc43)n2)cc1. The third kappa shape index (κ3) is 2.88. The number of benzene rings is 2. The minimum Gasteiger partial charge on any atom is -0.339 e. The van der Waals surface area contributed by atoms with E-state index in [0.29, 0.717) is 28.5 Å². The Labute approximate surface area is 148 Å². The van der Waals surface area contributed by atoms with Gasteiger partial charge in [-0.2, -0.15) is 0 Å². The molecular weight excluding hydrogens is 336 g/mol. The molecule has 26 heavy (non-hydrogen) atoms. The highest BCUT2D eigenvalue weighted by molar-refractivity contribution is 5.78. The smallest absolute Gasteiger partial charge is 0.161 e. The van der Waals surface area contributed by atoms with Crippen LogP contribution in [0.25, 0.3) is 16.9 Å². The van der Waals surface area contributed by atoms with E-state index in [4.69, 9.17) is 0 Å². The number of anilines is 2. The highest BCUT2D eigenvalue weighted by Crippen LogP contribution is 2.23. The van der Waals surface area contributed by atoms with Gasteiger partial charge >= 0.3 is 0 Å². The number of imidazole rings is 1. The Balaban J connectivity index is 1.77. The summed E-state index contributed by atoms with van der Waals surface area (Å²) in [6.07, 6.45) is 3.15. The van der Waals surface area contributed by atoms with Crippen molar-refractivity contribution >= 4 is 22.5 Å². The van der Waals surface area contributed by atoms with E-state index >= 15 is 0 Å². The minimum absolute atomic E-state index is 0.361. The lowest BCUT2D eigenvalue weighted by molar-refractivity contribution is 0.510. The molecule has 0 bridgehead atoms. The lowest BCUT2D eigenvalue weighted by atomic mass is 10.2. The van der Waals surface area contributed by atoms with Crippen molar-refractivity contribution in [1.29, 1.82) is 0 Å². The van der Waals surface area contributed by atoms with Gasteiger partial charge in [-0.3, -0.25) is 9.55 Å². The molecule has 0 aliphatic heterocycles. The van der Waals surface area contributed by atoms with Gasteiger partial charge in [-0.15, -0.1) is 0 Å². The van der Waals surface area contributed by atoms with Crippen molar-refractivity contribution in [2.45, 2.75) is 13.8 Å². The van der Waals surface area contributed by atoms with Crippen LogP contribution in [0.3, 0.4) is 0 Å². The predicted molar refractivity (Wildman–Crippen MR) is 95.8 cm³/mol. The quantitative estimate of drug-likeness (QED) is 0.592. The van der Waals surface area contributed by atoms with E-state index in [1.54, 1.807) is 23.9 Å². The standard InChI is InChI=1S/C19H15F2N5/c1-11-3-5-13(6-4-11)24-18-9-22-10-19(25-18)26-12(2)23-16-7-14(20)15(21)8-17(16)26/h3-10H,1-2H3,(H,24,25). The first-order valence-corrected chi connectivity index (χ1v) is 8.01. The largest absolute Gasteiger partial charge is 0.339 e. The van der Waals surface area contributed by atoms with E-state index in [9.17, 15) is 8.78 Å². The fourth-order valence-electron chi connectivity index (χ4n) is 2.79. The van der Waals surface area contributed by atoms with Crippen LogP contribution in [0.15, 0.2) is 48.8 Å². The van der Waals surface area contributed by atoms with Gasteiger partial charge in [0.25, 0.3) is 0 Å². The van der Waals surface area contributed by atoms with Crippen LogP contribution in [-0.4, -0.2) is 19.5 Å².